The van der Waals surface area contributed by atoms with Crippen molar-refractivity contribution in [2.75, 3.05) is 5.32 Å². The lowest BCUT2D eigenvalue weighted by molar-refractivity contribution is 0.210. The van der Waals surface area contributed by atoms with Gasteiger partial charge in [0.1, 0.15) is 5.00 Å². The Morgan fingerprint density at radius 3 is 2.73 bits per heavy atom. The molecule has 114 valence electrons. The number of fused-ring (bicyclic) bond motifs is 3. The third-order valence-corrected chi connectivity index (χ3v) is 5.01. The fourth-order valence-electron chi connectivity index (χ4n) is 2.55. The van der Waals surface area contributed by atoms with Crippen molar-refractivity contribution >= 4 is 44.4 Å². The number of ether oxygens (including phenoxy) is 1. The number of anilines is 1. The lowest BCUT2D eigenvalue weighted by Gasteiger charge is -2.17. The molecule has 1 aliphatic carbocycles. The SMILES string of the molecule is NC(=O)Nc1sc2c(c1OC(N)=O)CCc1cc(Br)ccc1-2. The molecule has 0 bridgehead atoms. The Labute approximate surface area is 138 Å². The molecule has 3 amide bonds. The molecule has 0 atom stereocenters. The van der Waals surface area contributed by atoms with Crippen LogP contribution in [0.2, 0.25) is 0 Å². The monoisotopic (exact) mass is 381 g/mol. The number of thiophene rings is 1. The summed E-state index contributed by atoms with van der Waals surface area (Å²) < 4.78 is 6.10. The predicted octanol–water partition coefficient (Wildman–Crippen LogP) is 3.22. The quantitative estimate of drug-likeness (QED) is 0.742. The van der Waals surface area contributed by atoms with Crippen LogP contribution in [0.25, 0.3) is 10.4 Å². The van der Waals surface area contributed by atoms with Gasteiger partial charge in [-0.15, -0.1) is 11.3 Å². The van der Waals surface area contributed by atoms with Crippen LogP contribution in [0.15, 0.2) is 22.7 Å². The average molecular weight is 382 g/mol. The van der Waals surface area contributed by atoms with Gasteiger partial charge >= 0.3 is 12.1 Å². The first-order valence-electron chi connectivity index (χ1n) is 6.44. The van der Waals surface area contributed by atoms with Crippen molar-refractivity contribution in [2.24, 2.45) is 11.5 Å². The van der Waals surface area contributed by atoms with Crippen molar-refractivity contribution in [2.45, 2.75) is 12.8 Å². The summed E-state index contributed by atoms with van der Waals surface area (Å²) in [6.45, 7) is 0. The Kier molecular flexibility index (Phi) is 3.79. The topological polar surface area (TPSA) is 107 Å². The normalized spacial score (nSPS) is 12.2. The zero-order chi connectivity index (χ0) is 15.9. The highest BCUT2D eigenvalue weighted by Gasteiger charge is 2.27. The molecule has 0 unspecified atom stereocenters. The maximum absolute atomic E-state index is 11.1. The zero-order valence-electron chi connectivity index (χ0n) is 11.3. The van der Waals surface area contributed by atoms with Crippen molar-refractivity contribution in [1.29, 1.82) is 0 Å². The first-order chi connectivity index (χ1) is 10.5. The molecule has 1 heterocycles. The van der Waals surface area contributed by atoms with Gasteiger partial charge in [0.25, 0.3) is 0 Å². The molecule has 1 aliphatic rings. The molecule has 5 N–H and O–H groups in total. The second-order valence-corrected chi connectivity index (χ2v) is 6.72. The van der Waals surface area contributed by atoms with Crippen LogP contribution >= 0.6 is 27.3 Å². The van der Waals surface area contributed by atoms with E-state index in [0.29, 0.717) is 17.2 Å². The molecule has 3 rings (SSSR count). The van der Waals surface area contributed by atoms with Crippen molar-refractivity contribution in [3.63, 3.8) is 0 Å². The Bertz CT molecular complexity index is 788. The number of nitrogens with two attached hydrogens (primary N) is 2. The molecule has 0 fully saturated rings. The molecule has 0 radical (unpaired) electrons. The number of nitrogens with one attached hydrogen (secondary N) is 1. The summed E-state index contributed by atoms with van der Waals surface area (Å²) in [7, 11) is 0. The third-order valence-electron chi connectivity index (χ3n) is 3.35. The van der Waals surface area contributed by atoms with Crippen LogP contribution in [-0.2, 0) is 12.8 Å². The predicted molar refractivity (Wildman–Crippen MR) is 88.3 cm³/mol. The maximum Gasteiger partial charge on any atom is 0.410 e. The van der Waals surface area contributed by atoms with Gasteiger partial charge in [-0.1, -0.05) is 22.0 Å². The number of carbonyl (C=O) groups excluding carboxylic acids is 2. The van der Waals surface area contributed by atoms with E-state index in [1.54, 1.807) is 0 Å². The van der Waals surface area contributed by atoms with Gasteiger partial charge in [-0.3, -0.25) is 5.32 Å². The highest BCUT2D eigenvalue weighted by atomic mass is 79.9. The number of carbonyl (C=O) groups is 2. The van der Waals surface area contributed by atoms with Crippen LogP contribution in [0.4, 0.5) is 14.6 Å². The van der Waals surface area contributed by atoms with E-state index in [4.69, 9.17) is 16.2 Å². The van der Waals surface area contributed by atoms with Gasteiger partial charge in [-0.2, -0.15) is 0 Å². The number of aryl methyl sites for hydroxylation is 1. The number of benzene rings is 1. The van der Waals surface area contributed by atoms with Crippen LogP contribution in [0.1, 0.15) is 11.1 Å². The Balaban J connectivity index is 2.15. The first-order valence-corrected chi connectivity index (χ1v) is 8.05. The highest BCUT2D eigenvalue weighted by molar-refractivity contribution is 9.10. The number of hydrogen-bond donors (Lipinski definition) is 3. The van der Waals surface area contributed by atoms with E-state index >= 15 is 0 Å². The second kappa shape index (κ2) is 5.62. The number of hydrogen-bond acceptors (Lipinski definition) is 4. The summed E-state index contributed by atoms with van der Waals surface area (Å²) in [6.07, 6.45) is 0.580. The van der Waals surface area contributed by atoms with E-state index in [1.807, 2.05) is 12.1 Å². The van der Waals surface area contributed by atoms with Crippen molar-refractivity contribution in [3.8, 4) is 16.2 Å². The molecule has 1 aromatic carbocycles. The van der Waals surface area contributed by atoms with Gasteiger partial charge in [0, 0.05) is 14.9 Å². The van der Waals surface area contributed by atoms with E-state index in [1.165, 1.54) is 16.9 Å². The summed E-state index contributed by atoms with van der Waals surface area (Å²) in [4.78, 5) is 23.2. The van der Waals surface area contributed by atoms with E-state index in [0.717, 1.165) is 26.9 Å². The molecule has 6 nitrogen and oxygen atoms in total. The van der Waals surface area contributed by atoms with Gasteiger partial charge in [-0.05, 0) is 36.1 Å². The molecule has 2 aromatic rings. The molecule has 8 heteroatoms. The number of amides is 3. The van der Waals surface area contributed by atoms with E-state index in [-0.39, 0.29) is 0 Å². The van der Waals surface area contributed by atoms with Gasteiger partial charge in [0.2, 0.25) is 0 Å². The first kappa shape index (κ1) is 14.9. The van der Waals surface area contributed by atoms with Gasteiger partial charge in [0.15, 0.2) is 5.75 Å². The lowest BCUT2D eigenvalue weighted by atomic mass is 9.91. The number of halogens is 1. The largest absolute Gasteiger partial charge is 0.410 e. The van der Waals surface area contributed by atoms with E-state index in [9.17, 15) is 9.59 Å². The summed E-state index contributed by atoms with van der Waals surface area (Å²) in [6, 6.07) is 5.29. The van der Waals surface area contributed by atoms with Crippen LogP contribution in [0.3, 0.4) is 0 Å². The summed E-state index contributed by atoms with van der Waals surface area (Å²) >= 11 is 4.78. The van der Waals surface area contributed by atoms with Crippen LogP contribution in [0.5, 0.6) is 5.75 Å². The van der Waals surface area contributed by atoms with E-state index < -0.39 is 12.1 Å². The van der Waals surface area contributed by atoms with Crippen molar-refractivity contribution < 1.29 is 14.3 Å². The van der Waals surface area contributed by atoms with Crippen LogP contribution in [0, 0.1) is 0 Å². The average Bonchev–Trinajstić information content (AvgIpc) is 2.75. The molecule has 0 spiro atoms. The van der Waals surface area contributed by atoms with Crippen LogP contribution in [-0.4, -0.2) is 12.1 Å². The number of urea groups is 1. The maximum atomic E-state index is 11.1. The Hall–Kier alpha value is -2.06. The molecule has 0 saturated heterocycles. The summed E-state index contributed by atoms with van der Waals surface area (Å²) in [5.74, 6) is 0.292. The second-order valence-electron chi connectivity index (χ2n) is 4.78. The minimum Gasteiger partial charge on any atom is -0.407 e. The van der Waals surface area contributed by atoms with Gasteiger partial charge < -0.3 is 16.2 Å². The molecule has 0 saturated carbocycles. The van der Waals surface area contributed by atoms with Gasteiger partial charge in [-0.25, -0.2) is 9.59 Å². The third kappa shape index (κ3) is 2.67. The number of rotatable bonds is 2. The minimum atomic E-state index is -0.922. The lowest BCUT2D eigenvalue weighted by Crippen LogP contribution is -2.21. The van der Waals surface area contributed by atoms with Crippen LogP contribution < -0.4 is 21.5 Å². The fourth-order valence-corrected chi connectivity index (χ4v) is 4.20. The summed E-state index contributed by atoms with van der Waals surface area (Å²) in [5, 5.41) is 2.89. The zero-order valence-corrected chi connectivity index (χ0v) is 13.7. The number of primary amides is 2. The van der Waals surface area contributed by atoms with Gasteiger partial charge in [0.05, 0.1) is 0 Å². The van der Waals surface area contributed by atoms with E-state index in [2.05, 4.69) is 27.3 Å². The molecule has 22 heavy (non-hydrogen) atoms. The molecule has 1 aromatic heterocycles. The minimum absolute atomic E-state index is 0.292. The Morgan fingerprint density at radius 1 is 1.27 bits per heavy atom. The summed E-state index contributed by atoms with van der Waals surface area (Å²) in [5.41, 5.74) is 13.4. The standard InChI is InChI=1S/C14H12BrN3O3S/c15-7-2-4-8-6(5-7)1-3-9-10(21-14(17)20)12(18-13(16)19)22-11(8)9/h2,4-5H,1,3H2,(H2,17,20)(H3,16,18,19). The smallest absolute Gasteiger partial charge is 0.407 e. The molecular weight excluding hydrogens is 370 g/mol. The highest BCUT2D eigenvalue weighted by Crippen LogP contribution is 2.49. The van der Waals surface area contributed by atoms with Crippen molar-refractivity contribution in [1.82, 2.24) is 0 Å². The van der Waals surface area contributed by atoms with Crippen molar-refractivity contribution in [3.05, 3.63) is 33.8 Å². The molecular formula is C14H12BrN3O3S. The molecule has 0 aliphatic heterocycles. The Morgan fingerprint density at radius 2 is 2.05 bits per heavy atom. The fraction of sp³-hybridized carbons (Fsp3) is 0.143.